The van der Waals surface area contributed by atoms with Crippen LogP contribution < -0.4 is 5.56 Å². The highest BCUT2D eigenvalue weighted by atomic mass is 35.5. The first kappa shape index (κ1) is 16.3. The molecule has 6 heteroatoms. The molecular weight excluding hydrogens is 354 g/mol. The first-order valence-corrected chi connectivity index (χ1v) is 9.07. The summed E-state index contributed by atoms with van der Waals surface area (Å²) in [5, 5.41) is 1.71. The zero-order valence-electron chi connectivity index (χ0n) is 13.8. The molecule has 2 aromatic carbocycles. The van der Waals surface area contributed by atoms with Crippen LogP contribution in [0.25, 0.3) is 31.4 Å². The second kappa shape index (κ2) is 6.26. The van der Waals surface area contributed by atoms with Crippen molar-refractivity contribution in [2.24, 2.45) is 0 Å². The third kappa shape index (κ3) is 3.06. The molecule has 0 aliphatic heterocycles. The quantitative estimate of drug-likeness (QED) is 0.577. The van der Waals surface area contributed by atoms with E-state index in [-0.39, 0.29) is 5.56 Å². The van der Waals surface area contributed by atoms with E-state index in [0.717, 1.165) is 26.7 Å². The van der Waals surface area contributed by atoms with E-state index in [2.05, 4.69) is 17.1 Å². The Morgan fingerprint density at radius 3 is 2.72 bits per heavy atom. The van der Waals surface area contributed by atoms with Crippen LogP contribution in [0.15, 0.2) is 47.3 Å². The molecule has 4 aromatic rings. The zero-order valence-corrected chi connectivity index (χ0v) is 15.4. The van der Waals surface area contributed by atoms with Crippen LogP contribution in [0, 0.1) is 0 Å². The molecule has 2 aromatic heterocycles. The molecule has 0 spiro atoms. The number of H-pyrrole nitrogens is 1. The number of nitrogens with zero attached hydrogens (tertiary/aromatic N) is 2. The van der Waals surface area contributed by atoms with Crippen LogP contribution in [0.5, 0.6) is 0 Å². The number of aromatic nitrogens is 2. The number of aromatic amines is 1. The van der Waals surface area contributed by atoms with Gasteiger partial charge in [0.1, 0.15) is 10.5 Å². The highest BCUT2D eigenvalue weighted by Gasteiger charge is 2.13. The van der Waals surface area contributed by atoms with Crippen molar-refractivity contribution in [2.45, 2.75) is 6.54 Å². The number of benzene rings is 2. The van der Waals surface area contributed by atoms with Gasteiger partial charge in [-0.05, 0) is 49.5 Å². The van der Waals surface area contributed by atoms with Gasteiger partial charge in [0.25, 0.3) is 5.56 Å². The van der Waals surface area contributed by atoms with Crippen molar-refractivity contribution in [1.29, 1.82) is 0 Å². The molecule has 4 rings (SSSR count). The van der Waals surface area contributed by atoms with Gasteiger partial charge in [0.05, 0.1) is 12.1 Å². The highest BCUT2D eigenvalue weighted by Crippen LogP contribution is 2.34. The van der Waals surface area contributed by atoms with Gasteiger partial charge in [-0.3, -0.25) is 4.79 Å². The molecule has 4 nitrogen and oxygen atoms in total. The minimum Gasteiger partial charge on any atom is -0.308 e. The molecule has 2 heterocycles. The molecule has 25 heavy (non-hydrogen) atoms. The van der Waals surface area contributed by atoms with Gasteiger partial charge < -0.3 is 9.88 Å². The molecule has 0 unspecified atom stereocenters. The highest BCUT2D eigenvalue weighted by molar-refractivity contribution is 7.25. The topological polar surface area (TPSA) is 49.0 Å². The van der Waals surface area contributed by atoms with Gasteiger partial charge in [-0.25, -0.2) is 4.98 Å². The predicted molar refractivity (Wildman–Crippen MR) is 106 cm³/mol. The Morgan fingerprint density at radius 1 is 1.16 bits per heavy atom. The maximum absolute atomic E-state index is 12.4. The maximum Gasteiger partial charge on any atom is 0.268 e. The van der Waals surface area contributed by atoms with Crippen LogP contribution in [0.2, 0.25) is 5.02 Å². The Labute approximate surface area is 153 Å². The normalized spacial score (nSPS) is 11.7. The molecule has 0 bridgehead atoms. The Balaban J connectivity index is 1.95. The molecule has 0 fully saturated rings. The predicted octanol–water partition coefficient (Wildman–Crippen LogP) is 4.52. The summed E-state index contributed by atoms with van der Waals surface area (Å²) in [7, 11) is 3.90. The number of rotatable bonds is 3. The standard InChI is InChI=1S/C19H16ClN3OS/c1-23(2)10-16-21-17-14-9-12(11-4-3-5-13(20)8-11)6-7-15(14)25-18(17)19(24)22-16/h3-9H,10H2,1-2H3,(H,21,22,24). The van der Waals surface area contributed by atoms with Gasteiger partial charge in [-0.15, -0.1) is 11.3 Å². The van der Waals surface area contributed by atoms with Crippen LogP contribution in [-0.2, 0) is 6.54 Å². The molecule has 0 radical (unpaired) electrons. The zero-order chi connectivity index (χ0) is 17.6. The van der Waals surface area contributed by atoms with E-state index >= 15 is 0 Å². The van der Waals surface area contributed by atoms with Crippen LogP contribution in [0.3, 0.4) is 0 Å². The molecule has 0 aliphatic rings. The SMILES string of the molecule is CN(C)Cc1nc2c(sc3ccc(-c4cccc(Cl)c4)cc32)c(=O)[nH]1. The third-order valence-corrected chi connectivity index (χ3v) is 5.39. The molecule has 1 N–H and O–H groups in total. The average Bonchev–Trinajstić information content (AvgIpc) is 2.93. The fraction of sp³-hybridized carbons (Fsp3) is 0.158. The average molecular weight is 370 g/mol. The van der Waals surface area contributed by atoms with Crippen LogP contribution in [-0.4, -0.2) is 29.0 Å². The smallest absolute Gasteiger partial charge is 0.268 e. The first-order chi connectivity index (χ1) is 12.0. The minimum absolute atomic E-state index is 0.0765. The summed E-state index contributed by atoms with van der Waals surface area (Å²) in [6, 6.07) is 13.9. The molecule has 0 aliphatic carbocycles. The molecule has 0 atom stereocenters. The summed E-state index contributed by atoms with van der Waals surface area (Å²) in [5.41, 5.74) is 2.80. The van der Waals surface area contributed by atoms with Crippen molar-refractivity contribution in [3.8, 4) is 11.1 Å². The molecule has 0 saturated carbocycles. The van der Waals surface area contributed by atoms with Crippen LogP contribution >= 0.6 is 22.9 Å². The van der Waals surface area contributed by atoms with Crippen molar-refractivity contribution in [3.63, 3.8) is 0 Å². The Morgan fingerprint density at radius 2 is 1.96 bits per heavy atom. The summed E-state index contributed by atoms with van der Waals surface area (Å²) in [5.74, 6) is 0.676. The van der Waals surface area contributed by atoms with Crippen molar-refractivity contribution in [3.05, 3.63) is 63.7 Å². The Kier molecular flexibility index (Phi) is 4.07. The van der Waals surface area contributed by atoms with Crippen LogP contribution in [0.1, 0.15) is 5.82 Å². The summed E-state index contributed by atoms with van der Waals surface area (Å²) >= 11 is 7.59. The Bertz CT molecular complexity index is 1150. The van der Waals surface area contributed by atoms with Gasteiger partial charge in [0.15, 0.2) is 0 Å². The van der Waals surface area contributed by atoms with E-state index in [1.165, 1.54) is 11.3 Å². The molecular formula is C19H16ClN3OS. The van der Waals surface area contributed by atoms with Crippen molar-refractivity contribution in [1.82, 2.24) is 14.9 Å². The van der Waals surface area contributed by atoms with E-state index in [1.54, 1.807) is 0 Å². The second-order valence-electron chi connectivity index (χ2n) is 6.25. The van der Waals surface area contributed by atoms with Gasteiger partial charge in [0.2, 0.25) is 0 Å². The van der Waals surface area contributed by atoms with Crippen molar-refractivity contribution >= 4 is 43.2 Å². The number of thiophene rings is 1. The lowest BCUT2D eigenvalue weighted by Crippen LogP contribution is -2.17. The second-order valence-corrected chi connectivity index (χ2v) is 7.74. The third-order valence-electron chi connectivity index (χ3n) is 4.00. The number of nitrogens with one attached hydrogen (secondary N) is 1. The lowest BCUT2D eigenvalue weighted by molar-refractivity contribution is 0.390. The molecule has 0 saturated heterocycles. The number of hydrogen-bond acceptors (Lipinski definition) is 4. The number of fused-ring (bicyclic) bond motifs is 3. The number of halogens is 1. The van der Waals surface area contributed by atoms with E-state index < -0.39 is 0 Å². The van der Waals surface area contributed by atoms with Gasteiger partial charge in [0, 0.05) is 15.1 Å². The summed E-state index contributed by atoms with van der Waals surface area (Å²) < 4.78 is 1.72. The van der Waals surface area contributed by atoms with Crippen molar-refractivity contribution < 1.29 is 0 Å². The fourth-order valence-corrected chi connectivity index (χ4v) is 4.13. The molecule has 0 amide bonds. The summed E-state index contributed by atoms with van der Waals surface area (Å²) in [4.78, 5) is 22.0. The van der Waals surface area contributed by atoms with E-state index in [4.69, 9.17) is 16.6 Å². The van der Waals surface area contributed by atoms with E-state index in [0.29, 0.717) is 22.1 Å². The monoisotopic (exact) mass is 369 g/mol. The lowest BCUT2D eigenvalue weighted by Gasteiger charge is -2.08. The van der Waals surface area contributed by atoms with Crippen molar-refractivity contribution in [2.75, 3.05) is 14.1 Å². The lowest BCUT2D eigenvalue weighted by atomic mass is 10.0. The molecule has 126 valence electrons. The van der Waals surface area contributed by atoms with Gasteiger partial charge in [-0.2, -0.15) is 0 Å². The minimum atomic E-state index is -0.0765. The van der Waals surface area contributed by atoms with E-state index in [1.807, 2.05) is 49.3 Å². The van der Waals surface area contributed by atoms with Gasteiger partial charge in [-0.1, -0.05) is 29.8 Å². The Hall–Kier alpha value is -2.21. The first-order valence-electron chi connectivity index (χ1n) is 7.87. The van der Waals surface area contributed by atoms with Gasteiger partial charge >= 0.3 is 0 Å². The maximum atomic E-state index is 12.4. The van der Waals surface area contributed by atoms with E-state index in [9.17, 15) is 4.79 Å². The number of hydrogen-bond donors (Lipinski definition) is 1. The largest absolute Gasteiger partial charge is 0.308 e. The van der Waals surface area contributed by atoms with Crippen LogP contribution in [0.4, 0.5) is 0 Å². The fourth-order valence-electron chi connectivity index (χ4n) is 2.92. The summed E-state index contributed by atoms with van der Waals surface area (Å²) in [6.07, 6.45) is 0. The summed E-state index contributed by atoms with van der Waals surface area (Å²) in [6.45, 7) is 0.594.